The summed E-state index contributed by atoms with van der Waals surface area (Å²) in [7, 11) is 1.60. The van der Waals surface area contributed by atoms with Gasteiger partial charge in [0.15, 0.2) is 0 Å². The topological polar surface area (TPSA) is 82.2 Å². The van der Waals surface area contributed by atoms with Gasteiger partial charge in [-0.25, -0.2) is 0 Å². The van der Waals surface area contributed by atoms with E-state index in [4.69, 9.17) is 11.0 Å². The van der Waals surface area contributed by atoms with Gasteiger partial charge in [0.1, 0.15) is 6.07 Å². The Kier molecular flexibility index (Phi) is 5.15. The molecule has 0 radical (unpaired) electrons. The number of nitrogens with one attached hydrogen (secondary N) is 1. The van der Waals surface area contributed by atoms with Gasteiger partial charge in [0.2, 0.25) is 5.91 Å². The third-order valence-corrected chi connectivity index (χ3v) is 2.75. The van der Waals surface area contributed by atoms with Crippen molar-refractivity contribution in [2.75, 3.05) is 25.0 Å². The average Bonchev–Trinajstić information content (AvgIpc) is 2.43. The van der Waals surface area contributed by atoms with Crippen molar-refractivity contribution < 1.29 is 4.79 Å². The van der Waals surface area contributed by atoms with Crippen LogP contribution in [-0.4, -0.2) is 26.0 Å². The van der Waals surface area contributed by atoms with Crippen LogP contribution in [0.2, 0.25) is 0 Å². The molecular weight excluding hydrogens is 228 g/mol. The molecule has 1 rings (SSSR count). The van der Waals surface area contributed by atoms with Gasteiger partial charge in [-0.15, -0.1) is 0 Å². The highest BCUT2D eigenvalue weighted by Crippen LogP contribution is 2.21. The van der Waals surface area contributed by atoms with Crippen molar-refractivity contribution in [1.29, 1.82) is 5.26 Å². The van der Waals surface area contributed by atoms with Crippen LogP contribution in [-0.2, 0) is 11.3 Å². The van der Waals surface area contributed by atoms with Crippen LogP contribution >= 0.6 is 0 Å². The second-order valence-electron chi connectivity index (χ2n) is 3.85. The molecule has 1 amide bonds. The van der Waals surface area contributed by atoms with Gasteiger partial charge in [0.05, 0.1) is 17.8 Å². The van der Waals surface area contributed by atoms with Crippen molar-refractivity contribution >= 4 is 11.6 Å². The van der Waals surface area contributed by atoms with Crippen LogP contribution in [0.4, 0.5) is 5.69 Å². The van der Waals surface area contributed by atoms with E-state index in [0.717, 1.165) is 11.3 Å². The fraction of sp³-hybridized carbons (Fsp3) is 0.385. The maximum Gasteiger partial charge on any atom is 0.239 e. The zero-order valence-electron chi connectivity index (χ0n) is 10.7. The Hall–Kier alpha value is -2.06. The quantitative estimate of drug-likeness (QED) is 0.796. The van der Waals surface area contributed by atoms with Gasteiger partial charge >= 0.3 is 0 Å². The third-order valence-electron chi connectivity index (χ3n) is 2.75. The fourth-order valence-electron chi connectivity index (χ4n) is 1.70. The van der Waals surface area contributed by atoms with E-state index in [-0.39, 0.29) is 12.5 Å². The molecule has 0 aliphatic rings. The second kappa shape index (κ2) is 6.62. The van der Waals surface area contributed by atoms with Gasteiger partial charge in [-0.3, -0.25) is 4.79 Å². The minimum absolute atomic E-state index is 0.0800. The Morgan fingerprint density at radius 3 is 2.78 bits per heavy atom. The summed E-state index contributed by atoms with van der Waals surface area (Å²) in [6, 6.07) is 7.63. The molecule has 0 aliphatic heterocycles. The first kappa shape index (κ1) is 14.0. The lowest BCUT2D eigenvalue weighted by molar-refractivity contribution is -0.119. The van der Waals surface area contributed by atoms with Gasteiger partial charge in [0.25, 0.3) is 0 Å². The minimum atomic E-state index is -0.0800. The molecule has 0 unspecified atom stereocenters. The summed E-state index contributed by atoms with van der Waals surface area (Å²) >= 11 is 0. The number of nitrogens with zero attached hydrogens (tertiary/aromatic N) is 2. The maximum absolute atomic E-state index is 11.4. The highest BCUT2D eigenvalue weighted by molar-refractivity contribution is 5.81. The average molecular weight is 246 g/mol. The summed E-state index contributed by atoms with van der Waals surface area (Å²) in [5.74, 6) is -0.0800. The predicted molar refractivity (Wildman–Crippen MR) is 71.0 cm³/mol. The zero-order chi connectivity index (χ0) is 13.5. The predicted octanol–water partition coefficient (Wildman–Crippen LogP) is 0.589. The van der Waals surface area contributed by atoms with Crippen LogP contribution in [0.1, 0.15) is 18.1 Å². The summed E-state index contributed by atoms with van der Waals surface area (Å²) < 4.78 is 0. The van der Waals surface area contributed by atoms with Crippen molar-refractivity contribution in [2.45, 2.75) is 13.5 Å². The van der Waals surface area contributed by atoms with Crippen molar-refractivity contribution in [3.05, 3.63) is 29.3 Å². The van der Waals surface area contributed by atoms with Gasteiger partial charge < -0.3 is 16.0 Å². The molecular formula is C13H18N4O. The van der Waals surface area contributed by atoms with Crippen LogP contribution in [0.15, 0.2) is 18.2 Å². The van der Waals surface area contributed by atoms with Gasteiger partial charge in [0, 0.05) is 20.1 Å². The molecule has 18 heavy (non-hydrogen) atoms. The molecule has 3 N–H and O–H groups in total. The molecule has 0 heterocycles. The highest BCUT2D eigenvalue weighted by atomic mass is 16.1. The Morgan fingerprint density at radius 2 is 2.28 bits per heavy atom. The van der Waals surface area contributed by atoms with E-state index in [9.17, 15) is 4.79 Å². The van der Waals surface area contributed by atoms with E-state index in [1.165, 1.54) is 0 Å². The Labute approximate surface area is 107 Å². The molecule has 0 spiro atoms. The van der Waals surface area contributed by atoms with Crippen molar-refractivity contribution in [1.82, 2.24) is 5.32 Å². The van der Waals surface area contributed by atoms with Crippen molar-refractivity contribution in [3.8, 4) is 6.07 Å². The molecule has 0 bridgehead atoms. The van der Waals surface area contributed by atoms with E-state index in [2.05, 4.69) is 11.4 Å². The largest absolute Gasteiger partial charge is 0.361 e. The number of carbonyl (C=O) groups is 1. The zero-order valence-corrected chi connectivity index (χ0v) is 10.7. The second-order valence-corrected chi connectivity index (χ2v) is 3.85. The molecule has 96 valence electrons. The normalized spacial score (nSPS) is 9.67. The maximum atomic E-state index is 11.4. The number of nitrogens with two attached hydrogens (primary N) is 1. The van der Waals surface area contributed by atoms with Crippen LogP contribution in [0.5, 0.6) is 0 Å². The van der Waals surface area contributed by atoms with Crippen molar-refractivity contribution in [2.24, 2.45) is 5.73 Å². The lowest BCUT2D eigenvalue weighted by atomic mass is 10.1. The van der Waals surface area contributed by atoms with Crippen LogP contribution < -0.4 is 16.0 Å². The summed E-state index contributed by atoms with van der Waals surface area (Å²) in [5, 5.41) is 11.7. The number of likely N-dealkylation sites (N-methyl/N-ethyl adjacent to an activating group) is 2. The molecule has 0 atom stereocenters. The van der Waals surface area contributed by atoms with Crippen LogP contribution in [0, 0.1) is 11.3 Å². The molecule has 0 fully saturated rings. The van der Waals surface area contributed by atoms with E-state index >= 15 is 0 Å². The molecule has 0 aromatic heterocycles. The first-order valence-electron chi connectivity index (χ1n) is 5.84. The molecule has 5 nitrogen and oxygen atoms in total. The SMILES string of the molecule is CCN(CC(=O)NC)c1ccc(CN)cc1C#N. The van der Waals surface area contributed by atoms with Gasteiger partial charge in [-0.1, -0.05) is 6.07 Å². The number of nitriles is 1. The smallest absolute Gasteiger partial charge is 0.239 e. The molecule has 0 saturated heterocycles. The highest BCUT2D eigenvalue weighted by Gasteiger charge is 2.13. The van der Waals surface area contributed by atoms with E-state index in [0.29, 0.717) is 18.7 Å². The van der Waals surface area contributed by atoms with Crippen molar-refractivity contribution in [3.63, 3.8) is 0 Å². The Bertz CT molecular complexity index is 465. The fourth-order valence-corrected chi connectivity index (χ4v) is 1.70. The first-order chi connectivity index (χ1) is 8.65. The number of hydrogen-bond acceptors (Lipinski definition) is 4. The number of rotatable bonds is 5. The summed E-state index contributed by atoms with van der Waals surface area (Å²) in [5.41, 5.74) is 7.77. The number of anilines is 1. The summed E-state index contributed by atoms with van der Waals surface area (Å²) in [4.78, 5) is 13.3. The summed E-state index contributed by atoms with van der Waals surface area (Å²) in [6.07, 6.45) is 0. The van der Waals surface area contributed by atoms with E-state index < -0.39 is 0 Å². The molecule has 1 aromatic carbocycles. The standard InChI is InChI=1S/C13H18N4O/c1-3-17(9-13(18)16-2)12-5-4-10(7-14)6-11(12)8-15/h4-6H,3,7,9,14H2,1-2H3,(H,16,18). The first-order valence-corrected chi connectivity index (χ1v) is 5.84. The molecule has 0 aliphatic carbocycles. The summed E-state index contributed by atoms with van der Waals surface area (Å²) in [6.45, 7) is 3.24. The number of carbonyl (C=O) groups excluding carboxylic acids is 1. The number of benzene rings is 1. The Morgan fingerprint density at radius 1 is 1.56 bits per heavy atom. The minimum Gasteiger partial charge on any atom is -0.361 e. The third kappa shape index (κ3) is 3.22. The van der Waals surface area contributed by atoms with Gasteiger partial charge in [-0.05, 0) is 24.6 Å². The van der Waals surface area contributed by atoms with E-state index in [1.54, 1.807) is 13.1 Å². The lowest BCUT2D eigenvalue weighted by Gasteiger charge is -2.23. The number of hydrogen-bond donors (Lipinski definition) is 2. The Balaban J connectivity index is 3.06. The number of amides is 1. The monoisotopic (exact) mass is 246 g/mol. The van der Waals surface area contributed by atoms with E-state index in [1.807, 2.05) is 24.0 Å². The van der Waals surface area contributed by atoms with Gasteiger partial charge in [-0.2, -0.15) is 5.26 Å². The molecule has 5 heteroatoms. The molecule has 0 saturated carbocycles. The van der Waals surface area contributed by atoms with Crippen LogP contribution in [0.25, 0.3) is 0 Å². The van der Waals surface area contributed by atoms with Crippen LogP contribution in [0.3, 0.4) is 0 Å². The lowest BCUT2D eigenvalue weighted by Crippen LogP contribution is -2.35. The molecule has 1 aromatic rings.